The third-order valence-corrected chi connectivity index (χ3v) is 5.41. The first-order valence-electron chi connectivity index (χ1n) is 8.82. The molecule has 2 aromatic carbocycles. The second kappa shape index (κ2) is 6.32. The Morgan fingerprint density at radius 2 is 1.42 bits per heavy atom. The predicted octanol–water partition coefficient (Wildman–Crippen LogP) is 3.78. The van der Waals surface area contributed by atoms with Gasteiger partial charge < -0.3 is 14.6 Å². The van der Waals surface area contributed by atoms with Crippen LogP contribution in [0.1, 0.15) is 42.4 Å². The van der Waals surface area contributed by atoms with Crippen LogP contribution >= 0.6 is 0 Å². The molecule has 0 bridgehead atoms. The summed E-state index contributed by atoms with van der Waals surface area (Å²) in [6.45, 7) is 1.34. The molecule has 1 spiro atoms. The highest BCUT2D eigenvalue weighted by Gasteiger charge is 2.46. The largest absolute Gasteiger partial charge is 0.385 e. The van der Waals surface area contributed by atoms with Crippen molar-refractivity contribution in [2.75, 3.05) is 13.2 Å². The zero-order valence-corrected chi connectivity index (χ0v) is 13.9. The Labute approximate surface area is 143 Å². The third kappa shape index (κ3) is 3.00. The lowest BCUT2D eigenvalue weighted by Gasteiger charge is -2.41. The van der Waals surface area contributed by atoms with Crippen LogP contribution in [0.5, 0.6) is 0 Å². The van der Waals surface area contributed by atoms with Crippen LogP contribution in [0.2, 0.25) is 0 Å². The summed E-state index contributed by atoms with van der Waals surface area (Å²) in [7, 11) is 0. The molecule has 3 heteroatoms. The van der Waals surface area contributed by atoms with E-state index in [0.717, 1.165) is 24.8 Å². The first-order valence-corrected chi connectivity index (χ1v) is 8.82. The van der Waals surface area contributed by atoms with Crippen molar-refractivity contribution in [1.82, 2.24) is 0 Å². The summed E-state index contributed by atoms with van der Waals surface area (Å²) in [4.78, 5) is 0. The van der Waals surface area contributed by atoms with E-state index in [9.17, 15) is 5.11 Å². The summed E-state index contributed by atoms with van der Waals surface area (Å²) in [5.74, 6) is -0.444. The Bertz CT molecular complexity index is 679. The lowest BCUT2D eigenvalue weighted by atomic mass is 9.75. The number of rotatable bonds is 3. The van der Waals surface area contributed by atoms with E-state index in [-0.39, 0.29) is 0 Å². The fourth-order valence-corrected chi connectivity index (χ4v) is 4.04. The molecule has 3 nitrogen and oxygen atoms in total. The average molecular weight is 324 g/mol. The van der Waals surface area contributed by atoms with Crippen molar-refractivity contribution >= 4 is 0 Å². The summed E-state index contributed by atoms with van der Waals surface area (Å²) in [5, 5.41) is 11.3. The van der Waals surface area contributed by atoms with E-state index in [4.69, 9.17) is 9.47 Å². The summed E-state index contributed by atoms with van der Waals surface area (Å²) in [5.41, 5.74) is 2.74. The van der Waals surface area contributed by atoms with Crippen LogP contribution in [0.25, 0.3) is 0 Å². The van der Waals surface area contributed by atoms with Crippen molar-refractivity contribution in [2.24, 2.45) is 0 Å². The van der Waals surface area contributed by atoms with Gasteiger partial charge in [-0.2, -0.15) is 0 Å². The van der Waals surface area contributed by atoms with Gasteiger partial charge in [0.05, 0.1) is 18.8 Å². The minimum absolute atomic E-state index is 0.444. The van der Waals surface area contributed by atoms with Gasteiger partial charge in [-0.25, -0.2) is 0 Å². The van der Waals surface area contributed by atoms with Crippen LogP contribution in [0, 0.1) is 0 Å². The van der Waals surface area contributed by atoms with E-state index in [1.54, 1.807) is 0 Å². The van der Waals surface area contributed by atoms with Gasteiger partial charge >= 0.3 is 0 Å². The van der Waals surface area contributed by atoms with Gasteiger partial charge in [-0.3, -0.25) is 0 Å². The molecule has 1 aliphatic carbocycles. The molecule has 0 atom stereocenters. The second-order valence-electron chi connectivity index (χ2n) is 6.96. The molecular formula is C21H24O3. The average Bonchev–Trinajstić information content (AvgIpc) is 3.08. The topological polar surface area (TPSA) is 38.7 Å². The molecule has 126 valence electrons. The Kier molecular flexibility index (Phi) is 4.17. The number of ether oxygens (including phenoxy) is 2. The van der Waals surface area contributed by atoms with Gasteiger partial charge in [-0.15, -0.1) is 0 Å². The van der Waals surface area contributed by atoms with E-state index < -0.39 is 11.4 Å². The highest BCUT2D eigenvalue weighted by atomic mass is 16.7. The summed E-state index contributed by atoms with van der Waals surface area (Å²) in [6, 6.07) is 18.7. The van der Waals surface area contributed by atoms with Crippen LogP contribution in [0.15, 0.2) is 54.6 Å². The number of aliphatic hydroxyl groups is 1. The lowest BCUT2D eigenvalue weighted by Crippen LogP contribution is -2.42. The van der Waals surface area contributed by atoms with Crippen LogP contribution in [-0.4, -0.2) is 24.1 Å². The second-order valence-corrected chi connectivity index (χ2v) is 6.96. The van der Waals surface area contributed by atoms with Crippen LogP contribution in [-0.2, 0) is 21.5 Å². The van der Waals surface area contributed by atoms with Gasteiger partial charge in [0, 0.05) is 12.8 Å². The monoisotopic (exact) mass is 324 g/mol. The van der Waals surface area contributed by atoms with Gasteiger partial charge in [-0.1, -0.05) is 54.6 Å². The highest BCUT2D eigenvalue weighted by Crippen LogP contribution is 2.45. The molecule has 4 rings (SSSR count). The van der Waals surface area contributed by atoms with E-state index in [0.29, 0.717) is 26.1 Å². The fourth-order valence-electron chi connectivity index (χ4n) is 4.04. The maximum Gasteiger partial charge on any atom is 0.168 e. The molecule has 1 aliphatic heterocycles. The van der Waals surface area contributed by atoms with Crippen LogP contribution < -0.4 is 0 Å². The molecule has 0 aromatic heterocycles. The zero-order chi connectivity index (χ0) is 16.5. The molecule has 0 radical (unpaired) electrons. The number of hydrogen-bond acceptors (Lipinski definition) is 3. The van der Waals surface area contributed by atoms with Crippen molar-refractivity contribution in [2.45, 2.75) is 43.5 Å². The molecule has 0 unspecified atom stereocenters. The molecule has 1 saturated heterocycles. The summed E-state index contributed by atoms with van der Waals surface area (Å²) >= 11 is 0. The van der Waals surface area contributed by atoms with Crippen molar-refractivity contribution in [3.8, 4) is 0 Å². The van der Waals surface area contributed by atoms with Gasteiger partial charge in [-0.05, 0) is 36.0 Å². The van der Waals surface area contributed by atoms with Gasteiger partial charge in [0.2, 0.25) is 0 Å². The Balaban J connectivity index is 1.57. The Morgan fingerprint density at radius 3 is 2.12 bits per heavy atom. The molecule has 2 fully saturated rings. The third-order valence-electron chi connectivity index (χ3n) is 5.41. The molecule has 1 saturated carbocycles. The van der Waals surface area contributed by atoms with Crippen LogP contribution in [0.4, 0.5) is 0 Å². The lowest BCUT2D eigenvalue weighted by molar-refractivity contribution is -0.204. The molecule has 1 heterocycles. The smallest absolute Gasteiger partial charge is 0.168 e. The van der Waals surface area contributed by atoms with E-state index in [1.807, 2.05) is 12.1 Å². The fraction of sp³-hybridized carbons (Fsp3) is 0.429. The first kappa shape index (κ1) is 15.8. The molecular weight excluding hydrogens is 300 g/mol. The van der Waals surface area contributed by atoms with Crippen molar-refractivity contribution < 1.29 is 14.6 Å². The van der Waals surface area contributed by atoms with Gasteiger partial charge in [0.1, 0.15) is 0 Å². The normalized spacial score (nSPS) is 21.9. The van der Waals surface area contributed by atoms with Crippen molar-refractivity contribution in [3.63, 3.8) is 0 Å². The maximum atomic E-state index is 11.3. The van der Waals surface area contributed by atoms with E-state index in [1.165, 1.54) is 11.1 Å². The summed E-state index contributed by atoms with van der Waals surface area (Å²) in [6.07, 6.45) is 3.71. The Morgan fingerprint density at radius 1 is 0.792 bits per heavy atom. The minimum Gasteiger partial charge on any atom is -0.385 e. The molecule has 1 N–H and O–H groups in total. The van der Waals surface area contributed by atoms with E-state index >= 15 is 0 Å². The van der Waals surface area contributed by atoms with Gasteiger partial charge in [0.15, 0.2) is 5.79 Å². The van der Waals surface area contributed by atoms with E-state index in [2.05, 4.69) is 42.5 Å². The number of hydrogen-bond donors (Lipinski definition) is 1. The molecule has 24 heavy (non-hydrogen) atoms. The van der Waals surface area contributed by atoms with Crippen LogP contribution in [0.3, 0.4) is 0 Å². The quantitative estimate of drug-likeness (QED) is 0.934. The maximum absolute atomic E-state index is 11.3. The molecule has 0 amide bonds. The summed E-state index contributed by atoms with van der Waals surface area (Å²) < 4.78 is 11.6. The van der Waals surface area contributed by atoms with Gasteiger partial charge in [0.25, 0.3) is 0 Å². The molecule has 2 aromatic rings. The zero-order valence-electron chi connectivity index (χ0n) is 13.9. The standard InChI is InChI=1S/C21H24O3/c22-20(10-12-21(13-11-20)23-14-15-24-21)19-9-5-4-8-18(19)16-17-6-2-1-3-7-17/h1-9,22H,10-16H2. The predicted molar refractivity (Wildman–Crippen MR) is 92.7 cm³/mol. The van der Waals surface area contributed by atoms with Crippen molar-refractivity contribution in [1.29, 1.82) is 0 Å². The van der Waals surface area contributed by atoms with Crippen molar-refractivity contribution in [3.05, 3.63) is 71.3 Å². The highest BCUT2D eigenvalue weighted by molar-refractivity contribution is 5.37. The first-order chi connectivity index (χ1) is 11.7. The SMILES string of the molecule is OC1(c2ccccc2Cc2ccccc2)CCC2(CC1)OCCO2. The molecule has 2 aliphatic rings. The number of benzene rings is 2. The minimum atomic E-state index is -0.786. The Hall–Kier alpha value is -1.68.